The Morgan fingerprint density at radius 1 is 1.23 bits per heavy atom. The maximum atomic E-state index is 12.6. The molecule has 0 aliphatic carbocycles. The molecule has 1 amide bonds. The number of aliphatic hydroxyl groups is 1. The standard InChI is InChI=1S/C21H17N5O4/c27-9-1-2-16-5-3-15(11-22-16)14-4-6-17-19(10-14)29-13-18-20(30-21(28)26(17)18)12-25-8-7-23-24-25/h3-8,10-11,18,20,27H,9,12-13H2/t18-,20-/m0/s1. The average Bonchev–Trinajstić information content (AvgIpc) is 3.40. The maximum Gasteiger partial charge on any atom is 0.415 e. The van der Waals surface area contributed by atoms with Crippen LogP contribution in [0.1, 0.15) is 5.69 Å². The van der Waals surface area contributed by atoms with Crippen molar-refractivity contribution in [1.29, 1.82) is 0 Å². The van der Waals surface area contributed by atoms with Crippen LogP contribution in [-0.2, 0) is 11.3 Å². The van der Waals surface area contributed by atoms with Crippen molar-refractivity contribution >= 4 is 11.8 Å². The Morgan fingerprint density at radius 3 is 2.90 bits per heavy atom. The first-order valence-corrected chi connectivity index (χ1v) is 9.40. The fourth-order valence-electron chi connectivity index (χ4n) is 3.65. The van der Waals surface area contributed by atoms with E-state index in [0.717, 1.165) is 11.1 Å². The number of fused-ring (bicyclic) bond motifs is 3. The van der Waals surface area contributed by atoms with Crippen LogP contribution in [0.4, 0.5) is 10.5 Å². The van der Waals surface area contributed by atoms with Crippen LogP contribution in [0.15, 0.2) is 48.9 Å². The first-order chi connectivity index (χ1) is 14.7. The predicted molar refractivity (Wildman–Crippen MR) is 106 cm³/mol. The van der Waals surface area contributed by atoms with Crippen molar-refractivity contribution in [1.82, 2.24) is 20.0 Å². The lowest BCUT2D eigenvalue weighted by Crippen LogP contribution is -2.45. The van der Waals surface area contributed by atoms with Crippen molar-refractivity contribution in [2.45, 2.75) is 18.7 Å². The van der Waals surface area contributed by atoms with Gasteiger partial charge in [0.05, 0.1) is 18.4 Å². The summed E-state index contributed by atoms with van der Waals surface area (Å²) < 4.78 is 13.2. The van der Waals surface area contributed by atoms with Gasteiger partial charge in [-0.3, -0.25) is 4.90 Å². The van der Waals surface area contributed by atoms with Gasteiger partial charge in [-0.25, -0.2) is 14.5 Å². The van der Waals surface area contributed by atoms with Crippen molar-refractivity contribution in [3.05, 3.63) is 54.6 Å². The van der Waals surface area contributed by atoms with Crippen molar-refractivity contribution < 1.29 is 19.4 Å². The number of aliphatic hydroxyl groups excluding tert-OH is 1. The number of ether oxygens (including phenoxy) is 2. The lowest BCUT2D eigenvalue weighted by atomic mass is 10.0. The van der Waals surface area contributed by atoms with Gasteiger partial charge in [0.1, 0.15) is 36.8 Å². The van der Waals surface area contributed by atoms with Gasteiger partial charge < -0.3 is 14.6 Å². The molecule has 2 atom stereocenters. The van der Waals surface area contributed by atoms with E-state index < -0.39 is 6.09 Å². The zero-order valence-electron chi connectivity index (χ0n) is 15.8. The van der Waals surface area contributed by atoms with Crippen LogP contribution in [-0.4, -0.2) is 56.5 Å². The zero-order valence-corrected chi connectivity index (χ0v) is 15.8. The highest BCUT2D eigenvalue weighted by molar-refractivity contribution is 5.94. The van der Waals surface area contributed by atoms with Crippen molar-refractivity contribution in [2.24, 2.45) is 0 Å². The molecule has 0 saturated carbocycles. The molecule has 0 bridgehead atoms. The minimum Gasteiger partial charge on any atom is -0.489 e. The molecule has 1 fully saturated rings. The summed E-state index contributed by atoms with van der Waals surface area (Å²) in [6.45, 7) is 0.543. The monoisotopic (exact) mass is 403 g/mol. The highest BCUT2D eigenvalue weighted by Gasteiger charge is 2.46. The molecule has 2 aromatic heterocycles. The van der Waals surface area contributed by atoms with E-state index in [1.54, 1.807) is 34.2 Å². The lowest BCUT2D eigenvalue weighted by molar-refractivity contribution is 0.106. The number of hydrogen-bond donors (Lipinski definition) is 1. The number of amides is 1. The minimum atomic E-state index is -0.393. The quantitative estimate of drug-likeness (QED) is 0.661. The van der Waals surface area contributed by atoms with Crippen LogP contribution in [0.5, 0.6) is 5.75 Å². The molecule has 2 aliphatic heterocycles. The second-order valence-electron chi connectivity index (χ2n) is 6.87. The third-order valence-electron chi connectivity index (χ3n) is 5.07. The molecule has 5 rings (SSSR count). The zero-order chi connectivity index (χ0) is 20.5. The number of benzene rings is 1. The largest absolute Gasteiger partial charge is 0.489 e. The summed E-state index contributed by atoms with van der Waals surface area (Å²) in [7, 11) is 0. The van der Waals surface area contributed by atoms with Crippen molar-refractivity contribution in [2.75, 3.05) is 18.1 Å². The summed E-state index contributed by atoms with van der Waals surface area (Å²) in [5, 5.41) is 16.5. The van der Waals surface area contributed by atoms with Crippen molar-refractivity contribution in [3.8, 4) is 28.7 Å². The number of aromatic nitrogens is 4. The van der Waals surface area contributed by atoms with E-state index in [2.05, 4.69) is 27.1 Å². The third kappa shape index (κ3) is 3.23. The minimum absolute atomic E-state index is 0.203. The number of rotatable bonds is 3. The molecule has 9 nitrogen and oxygen atoms in total. The number of carbonyl (C=O) groups is 1. The molecule has 0 radical (unpaired) electrons. The van der Waals surface area contributed by atoms with Gasteiger partial charge in [0, 0.05) is 18.0 Å². The normalized spacial score (nSPS) is 19.2. The molecule has 4 heterocycles. The molecule has 9 heteroatoms. The van der Waals surface area contributed by atoms with E-state index in [0.29, 0.717) is 30.3 Å². The Bertz CT molecular complexity index is 1130. The molecule has 30 heavy (non-hydrogen) atoms. The molecule has 0 unspecified atom stereocenters. The molecule has 150 valence electrons. The van der Waals surface area contributed by atoms with Gasteiger partial charge >= 0.3 is 6.09 Å². The van der Waals surface area contributed by atoms with E-state index in [9.17, 15) is 4.79 Å². The first-order valence-electron chi connectivity index (χ1n) is 9.40. The summed E-state index contributed by atoms with van der Waals surface area (Å²) in [5.41, 5.74) is 3.07. The number of pyridine rings is 1. The molecule has 3 aromatic rings. The SMILES string of the molecule is O=C1O[C@@H](Cn2ccnn2)[C@@H]2COc3cc(-c4ccc(C#CCO)nc4)ccc3N12. The average molecular weight is 403 g/mol. The summed E-state index contributed by atoms with van der Waals surface area (Å²) in [6.07, 6.45) is 4.27. The van der Waals surface area contributed by atoms with Crippen LogP contribution in [0.2, 0.25) is 0 Å². The number of anilines is 1. The molecule has 0 spiro atoms. The van der Waals surface area contributed by atoms with E-state index in [1.807, 2.05) is 24.3 Å². The summed E-state index contributed by atoms with van der Waals surface area (Å²) in [5.74, 6) is 5.96. The van der Waals surface area contributed by atoms with Crippen molar-refractivity contribution in [3.63, 3.8) is 0 Å². The smallest absolute Gasteiger partial charge is 0.415 e. The van der Waals surface area contributed by atoms with E-state index >= 15 is 0 Å². The molecule has 1 N–H and O–H groups in total. The van der Waals surface area contributed by atoms with E-state index in [4.69, 9.17) is 14.6 Å². The van der Waals surface area contributed by atoms with Crippen LogP contribution >= 0.6 is 0 Å². The highest BCUT2D eigenvalue weighted by atomic mass is 16.6. The first kappa shape index (κ1) is 18.1. The van der Waals surface area contributed by atoms with Gasteiger partial charge in [0.25, 0.3) is 0 Å². The van der Waals surface area contributed by atoms with E-state index in [-0.39, 0.29) is 18.8 Å². The highest BCUT2D eigenvalue weighted by Crippen LogP contribution is 2.41. The second-order valence-corrected chi connectivity index (χ2v) is 6.87. The Morgan fingerprint density at radius 2 is 2.13 bits per heavy atom. The molecular weight excluding hydrogens is 386 g/mol. The molecule has 1 aromatic carbocycles. The van der Waals surface area contributed by atoms with Gasteiger partial charge in [-0.05, 0) is 29.7 Å². The van der Waals surface area contributed by atoms with Gasteiger partial charge in [0.2, 0.25) is 0 Å². The van der Waals surface area contributed by atoms with Gasteiger partial charge in [0.15, 0.2) is 0 Å². The molecular formula is C21H17N5O4. The number of carbonyl (C=O) groups excluding carboxylic acids is 1. The Kier molecular flexibility index (Phi) is 4.53. The van der Waals surface area contributed by atoms with Crippen LogP contribution < -0.4 is 9.64 Å². The summed E-state index contributed by atoms with van der Waals surface area (Å²) in [6, 6.07) is 9.13. The van der Waals surface area contributed by atoms with Crippen LogP contribution in [0, 0.1) is 11.8 Å². The number of nitrogens with zero attached hydrogens (tertiary/aromatic N) is 5. The predicted octanol–water partition coefficient (Wildman–Crippen LogP) is 1.47. The Labute approximate surface area is 171 Å². The fourth-order valence-corrected chi connectivity index (χ4v) is 3.65. The van der Waals surface area contributed by atoms with Crippen LogP contribution in [0.3, 0.4) is 0 Å². The maximum absolute atomic E-state index is 12.6. The summed E-state index contributed by atoms with van der Waals surface area (Å²) >= 11 is 0. The van der Waals surface area contributed by atoms with Gasteiger partial charge in [-0.15, -0.1) is 5.10 Å². The third-order valence-corrected chi connectivity index (χ3v) is 5.07. The topological polar surface area (TPSA) is 103 Å². The molecule has 1 saturated heterocycles. The van der Waals surface area contributed by atoms with Gasteiger partial charge in [-0.2, -0.15) is 0 Å². The fraction of sp³-hybridized carbons (Fsp3) is 0.238. The Balaban J connectivity index is 1.39. The Hall–Kier alpha value is -3.90. The second kappa shape index (κ2) is 7.50. The molecule has 2 aliphatic rings. The number of hydrogen-bond acceptors (Lipinski definition) is 7. The van der Waals surface area contributed by atoms with Crippen LogP contribution in [0.25, 0.3) is 11.1 Å². The summed E-state index contributed by atoms with van der Waals surface area (Å²) in [4.78, 5) is 18.5. The lowest BCUT2D eigenvalue weighted by Gasteiger charge is -2.31. The number of cyclic esters (lactones) is 1. The van der Waals surface area contributed by atoms with E-state index in [1.165, 1.54) is 0 Å². The van der Waals surface area contributed by atoms with Gasteiger partial charge in [-0.1, -0.05) is 23.3 Å².